The Morgan fingerprint density at radius 2 is 2.50 bits per heavy atom. The summed E-state index contributed by atoms with van der Waals surface area (Å²) in [6.07, 6.45) is 1.49. The minimum atomic E-state index is -0.186. The average Bonchev–Trinajstić information content (AvgIpc) is 2.05. The van der Waals surface area contributed by atoms with E-state index in [-0.39, 0.29) is 5.91 Å². The highest BCUT2D eigenvalue weighted by Gasteiger charge is 2.03. The van der Waals surface area contributed by atoms with Crippen LogP contribution in [-0.2, 0) is 0 Å². The molecule has 1 amide bonds. The second-order valence-electron chi connectivity index (χ2n) is 2.12. The number of carbonyl (C=O) groups is 1. The Morgan fingerprint density at radius 3 is 3.08 bits per heavy atom. The van der Waals surface area contributed by atoms with Crippen LogP contribution in [0, 0.1) is 6.92 Å². The van der Waals surface area contributed by atoms with Gasteiger partial charge in [0, 0.05) is 18.3 Å². The first-order valence-electron chi connectivity index (χ1n) is 3.43. The zero-order valence-corrected chi connectivity index (χ0v) is 7.14. The lowest BCUT2D eigenvalue weighted by molar-refractivity contribution is 0.0957. The Hall–Kier alpha value is -1.09. The summed E-state index contributed by atoms with van der Waals surface area (Å²) in [6.45, 7) is 3.85. The number of carbonyl (C=O) groups excluding carboxylic acids is 1. The van der Waals surface area contributed by atoms with Gasteiger partial charge in [-0.2, -0.15) is 0 Å². The maximum atomic E-state index is 11.2. The van der Waals surface area contributed by atoms with Gasteiger partial charge in [-0.05, 0) is 19.1 Å². The number of pyridine rings is 1. The van der Waals surface area contributed by atoms with Crippen molar-refractivity contribution in [1.82, 2.24) is 10.3 Å². The van der Waals surface area contributed by atoms with Gasteiger partial charge in [-0.1, -0.05) is 11.6 Å². The van der Waals surface area contributed by atoms with Crippen molar-refractivity contribution in [3.8, 4) is 0 Å². The summed E-state index contributed by atoms with van der Waals surface area (Å²) in [4.78, 5) is 14.9. The molecular weight excluding hydrogens is 176 g/mol. The molecule has 1 rings (SSSR count). The van der Waals surface area contributed by atoms with E-state index < -0.39 is 0 Å². The van der Waals surface area contributed by atoms with E-state index in [2.05, 4.69) is 17.2 Å². The van der Waals surface area contributed by atoms with Crippen molar-refractivity contribution in [3.63, 3.8) is 0 Å². The molecule has 0 aliphatic heterocycles. The third-order valence-corrected chi connectivity index (χ3v) is 1.48. The summed E-state index contributed by atoms with van der Waals surface area (Å²) < 4.78 is 0. The molecule has 0 atom stereocenters. The van der Waals surface area contributed by atoms with Crippen LogP contribution < -0.4 is 5.32 Å². The zero-order valence-electron chi connectivity index (χ0n) is 6.38. The van der Waals surface area contributed by atoms with E-state index in [4.69, 9.17) is 11.6 Å². The predicted molar refractivity (Wildman–Crippen MR) is 46.9 cm³/mol. The Labute approximate surface area is 75.8 Å². The van der Waals surface area contributed by atoms with Gasteiger partial charge in [0.2, 0.25) is 0 Å². The number of hydrogen-bond acceptors (Lipinski definition) is 2. The molecule has 1 N–H and O–H groups in total. The minimum Gasteiger partial charge on any atom is -0.352 e. The number of aromatic nitrogens is 1. The second kappa shape index (κ2) is 4.07. The lowest BCUT2D eigenvalue weighted by Gasteiger charge is -2.00. The van der Waals surface area contributed by atoms with Crippen LogP contribution in [0.1, 0.15) is 10.4 Å². The molecular formula is C8H8ClN2O. The van der Waals surface area contributed by atoms with Crippen molar-refractivity contribution >= 4 is 17.5 Å². The maximum absolute atomic E-state index is 11.2. The van der Waals surface area contributed by atoms with Crippen LogP contribution >= 0.6 is 11.6 Å². The summed E-state index contributed by atoms with van der Waals surface area (Å²) in [7, 11) is 0. The average molecular weight is 184 g/mol. The Bertz CT molecular complexity index is 288. The number of hydrogen-bond donors (Lipinski definition) is 1. The number of amides is 1. The first-order valence-corrected chi connectivity index (χ1v) is 3.81. The van der Waals surface area contributed by atoms with Crippen molar-refractivity contribution < 1.29 is 4.79 Å². The topological polar surface area (TPSA) is 42.0 Å². The highest BCUT2D eigenvalue weighted by molar-refractivity contribution is 6.29. The van der Waals surface area contributed by atoms with Crippen LogP contribution in [0.4, 0.5) is 0 Å². The molecule has 0 saturated carbocycles. The van der Waals surface area contributed by atoms with Crippen LogP contribution in [0.3, 0.4) is 0 Å². The molecule has 0 saturated heterocycles. The highest BCUT2D eigenvalue weighted by atomic mass is 35.5. The first kappa shape index (κ1) is 9.00. The van der Waals surface area contributed by atoms with Crippen LogP contribution in [0.25, 0.3) is 0 Å². The largest absolute Gasteiger partial charge is 0.352 e. The second-order valence-corrected chi connectivity index (χ2v) is 2.51. The van der Waals surface area contributed by atoms with Gasteiger partial charge in [-0.25, -0.2) is 4.98 Å². The fraction of sp³-hybridized carbons (Fsp3) is 0.125. The predicted octanol–water partition coefficient (Wildman–Crippen LogP) is 1.30. The molecule has 0 aliphatic rings. The third kappa shape index (κ3) is 2.20. The number of nitrogens with zero attached hydrogens (tertiary/aromatic N) is 1. The standard InChI is InChI=1S/C8H8ClN2O/c1-2-10-8(12)6-3-4-11-7(9)5-6/h3-5H,1-2H2,(H,10,12). The summed E-state index contributed by atoms with van der Waals surface area (Å²) in [5.41, 5.74) is 0.499. The molecule has 1 heterocycles. The normalized spacial score (nSPS) is 9.50. The molecule has 1 radical (unpaired) electrons. The molecule has 0 unspecified atom stereocenters. The highest BCUT2D eigenvalue weighted by Crippen LogP contribution is 2.06. The van der Waals surface area contributed by atoms with Gasteiger partial charge < -0.3 is 5.32 Å². The van der Waals surface area contributed by atoms with E-state index in [1.165, 1.54) is 12.3 Å². The van der Waals surface area contributed by atoms with Crippen LogP contribution in [0.15, 0.2) is 18.3 Å². The van der Waals surface area contributed by atoms with Gasteiger partial charge in [0.15, 0.2) is 0 Å². The number of nitrogens with one attached hydrogen (secondary N) is 1. The molecule has 0 aromatic carbocycles. The molecule has 0 bridgehead atoms. The molecule has 1 aromatic heterocycles. The molecule has 4 heteroatoms. The monoisotopic (exact) mass is 183 g/mol. The van der Waals surface area contributed by atoms with Gasteiger partial charge in [0.05, 0.1) is 0 Å². The van der Waals surface area contributed by atoms with Gasteiger partial charge in [0.25, 0.3) is 5.91 Å². The van der Waals surface area contributed by atoms with Crippen molar-refractivity contribution in [3.05, 3.63) is 36.0 Å². The number of halogens is 1. The summed E-state index contributed by atoms with van der Waals surface area (Å²) in [5.74, 6) is -0.186. The van der Waals surface area contributed by atoms with Crippen LogP contribution in [0.5, 0.6) is 0 Å². The SMILES string of the molecule is [CH2]CNC(=O)c1ccnc(Cl)c1. The van der Waals surface area contributed by atoms with Crippen molar-refractivity contribution in [2.24, 2.45) is 0 Å². The molecule has 0 aliphatic carbocycles. The zero-order chi connectivity index (χ0) is 8.97. The Balaban J connectivity index is 2.81. The molecule has 12 heavy (non-hydrogen) atoms. The maximum Gasteiger partial charge on any atom is 0.251 e. The lowest BCUT2D eigenvalue weighted by atomic mass is 10.2. The number of rotatable bonds is 2. The molecule has 3 nitrogen and oxygen atoms in total. The van der Waals surface area contributed by atoms with Crippen molar-refractivity contribution in [2.75, 3.05) is 6.54 Å². The van der Waals surface area contributed by atoms with Gasteiger partial charge in [-0.3, -0.25) is 4.79 Å². The fourth-order valence-electron chi connectivity index (χ4n) is 0.759. The van der Waals surface area contributed by atoms with Crippen molar-refractivity contribution in [2.45, 2.75) is 0 Å². The van der Waals surface area contributed by atoms with Crippen LogP contribution in [-0.4, -0.2) is 17.4 Å². The Kier molecular flexibility index (Phi) is 3.05. The van der Waals surface area contributed by atoms with Gasteiger partial charge >= 0.3 is 0 Å². The van der Waals surface area contributed by atoms with E-state index >= 15 is 0 Å². The van der Waals surface area contributed by atoms with E-state index in [1.807, 2.05) is 0 Å². The lowest BCUT2D eigenvalue weighted by Crippen LogP contribution is -2.22. The molecule has 63 valence electrons. The fourth-order valence-corrected chi connectivity index (χ4v) is 0.933. The summed E-state index contributed by atoms with van der Waals surface area (Å²) >= 11 is 5.58. The third-order valence-electron chi connectivity index (χ3n) is 1.27. The minimum absolute atomic E-state index is 0.186. The molecule has 0 fully saturated rings. The van der Waals surface area contributed by atoms with E-state index in [9.17, 15) is 4.79 Å². The van der Waals surface area contributed by atoms with E-state index in [1.54, 1.807) is 6.07 Å². The smallest absolute Gasteiger partial charge is 0.251 e. The quantitative estimate of drug-likeness (QED) is 0.703. The molecule has 1 aromatic rings. The van der Waals surface area contributed by atoms with Crippen LogP contribution in [0.2, 0.25) is 5.15 Å². The van der Waals surface area contributed by atoms with Gasteiger partial charge in [0.1, 0.15) is 5.15 Å². The van der Waals surface area contributed by atoms with Crippen molar-refractivity contribution in [1.29, 1.82) is 0 Å². The Morgan fingerprint density at radius 1 is 1.75 bits per heavy atom. The first-order chi connectivity index (χ1) is 5.74. The van der Waals surface area contributed by atoms with Gasteiger partial charge in [-0.15, -0.1) is 0 Å². The summed E-state index contributed by atoms with van der Waals surface area (Å²) in [6, 6.07) is 3.10. The molecule has 0 spiro atoms. The van der Waals surface area contributed by atoms with E-state index in [0.717, 1.165) is 0 Å². The summed E-state index contributed by atoms with van der Waals surface area (Å²) in [5, 5.41) is 2.86. The van der Waals surface area contributed by atoms with E-state index in [0.29, 0.717) is 17.3 Å².